The van der Waals surface area contributed by atoms with Crippen LogP contribution in [0, 0.1) is 0 Å². The van der Waals surface area contributed by atoms with E-state index in [4.69, 9.17) is 5.73 Å². The van der Waals surface area contributed by atoms with Gasteiger partial charge in [0, 0.05) is 19.4 Å². The van der Waals surface area contributed by atoms with E-state index in [9.17, 15) is 29.4 Å². The molecule has 2 aromatic carbocycles. The first-order valence-electron chi connectivity index (χ1n) is 11.4. The monoisotopic (exact) mass is 482 g/mol. The van der Waals surface area contributed by atoms with Gasteiger partial charge in [-0.05, 0) is 36.1 Å². The van der Waals surface area contributed by atoms with Crippen LogP contribution in [0.1, 0.15) is 24.0 Å². The molecule has 1 saturated heterocycles. The van der Waals surface area contributed by atoms with E-state index in [1.165, 1.54) is 17.0 Å². The maximum Gasteiger partial charge on any atom is 0.326 e. The Morgan fingerprint density at radius 3 is 2.20 bits per heavy atom. The summed E-state index contributed by atoms with van der Waals surface area (Å²) in [5.74, 6) is -2.63. The number of rotatable bonds is 10. The maximum atomic E-state index is 13.4. The number of phenols is 1. The molecule has 1 fully saturated rings. The van der Waals surface area contributed by atoms with Gasteiger partial charge >= 0.3 is 5.97 Å². The largest absolute Gasteiger partial charge is 0.508 e. The van der Waals surface area contributed by atoms with Gasteiger partial charge < -0.3 is 31.5 Å². The Morgan fingerprint density at radius 1 is 0.943 bits per heavy atom. The number of carbonyl (C=O) groups excluding carboxylic acids is 3. The molecule has 6 N–H and O–H groups in total. The van der Waals surface area contributed by atoms with Crippen LogP contribution in [-0.2, 0) is 32.0 Å². The number of nitrogens with zero attached hydrogens (tertiary/aromatic N) is 1. The van der Waals surface area contributed by atoms with Gasteiger partial charge in [-0.2, -0.15) is 0 Å². The summed E-state index contributed by atoms with van der Waals surface area (Å²) in [6.07, 6.45) is 1.20. The number of phenolic OH excluding ortho intramolecular Hbond substituents is 1. The highest BCUT2D eigenvalue weighted by Gasteiger charge is 2.38. The fourth-order valence-corrected chi connectivity index (χ4v) is 4.14. The number of amides is 3. The molecule has 3 rings (SSSR count). The Balaban J connectivity index is 1.72. The summed E-state index contributed by atoms with van der Waals surface area (Å²) in [4.78, 5) is 51.7. The van der Waals surface area contributed by atoms with Crippen molar-refractivity contribution in [3.05, 3.63) is 65.7 Å². The molecule has 35 heavy (non-hydrogen) atoms. The summed E-state index contributed by atoms with van der Waals surface area (Å²) in [6.45, 7) is 0.0381. The molecule has 2 aromatic rings. The van der Waals surface area contributed by atoms with Crippen molar-refractivity contribution in [2.24, 2.45) is 5.73 Å². The summed E-state index contributed by atoms with van der Waals surface area (Å²) in [5.41, 5.74) is 6.89. The van der Waals surface area contributed by atoms with Crippen molar-refractivity contribution in [3.8, 4) is 5.75 Å². The Labute approximate surface area is 203 Å². The molecule has 0 aliphatic carbocycles. The molecule has 0 radical (unpaired) electrons. The standard InChI is InChI=1S/C25H30N4O6/c26-15-22(31)27-19(13-16-5-2-1-3-6-16)24(33)29-12-4-7-21(29)23(32)28-20(25(34)35)14-17-8-10-18(30)11-9-17/h1-3,5-6,8-11,19-21,30H,4,7,12-15,26H2,(H,27,31)(H,28,32)(H,34,35). The summed E-state index contributed by atoms with van der Waals surface area (Å²) in [5, 5.41) is 24.2. The number of benzene rings is 2. The van der Waals surface area contributed by atoms with Crippen molar-refractivity contribution >= 4 is 23.7 Å². The van der Waals surface area contributed by atoms with E-state index < -0.39 is 41.8 Å². The number of aromatic hydroxyl groups is 1. The normalized spacial score (nSPS) is 16.8. The van der Waals surface area contributed by atoms with Crippen LogP contribution in [0.3, 0.4) is 0 Å². The van der Waals surface area contributed by atoms with E-state index in [0.717, 1.165) is 5.56 Å². The van der Waals surface area contributed by atoms with Gasteiger partial charge in [-0.3, -0.25) is 14.4 Å². The van der Waals surface area contributed by atoms with Gasteiger partial charge in [0.15, 0.2) is 0 Å². The van der Waals surface area contributed by atoms with Crippen molar-refractivity contribution in [3.63, 3.8) is 0 Å². The van der Waals surface area contributed by atoms with E-state index in [1.807, 2.05) is 30.3 Å². The quantitative estimate of drug-likeness (QED) is 0.323. The zero-order chi connectivity index (χ0) is 25.4. The van der Waals surface area contributed by atoms with Gasteiger partial charge in [0.25, 0.3) is 0 Å². The number of likely N-dealkylation sites (tertiary alicyclic amines) is 1. The average molecular weight is 483 g/mol. The Morgan fingerprint density at radius 2 is 1.57 bits per heavy atom. The van der Waals surface area contributed by atoms with Gasteiger partial charge in [-0.1, -0.05) is 42.5 Å². The van der Waals surface area contributed by atoms with E-state index in [-0.39, 0.29) is 25.1 Å². The summed E-state index contributed by atoms with van der Waals surface area (Å²) in [7, 11) is 0. The minimum Gasteiger partial charge on any atom is -0.508 e. The molecule has 3 unspecified atom stereocenters. The van der Waals surface area contributed by atoms with Crippen LogP contribution in [0.25, 0.3) is 0 Å². The van der Waals surface area contributed by atoms with Gasteiger partial charge in [0.2, 0.25) is 17.7 Å². The molecule has 10 heteroatoms. The highest BCUT2D eigenvalue weighted by molar-refractivity contribution is 5.94. The molecule has 186 valence electrons. The lowest BCUT2D eigenvalue weighted by Crippen LogP contribution is -2.56. The third-order valence-electron chi connectivity index (χ3n) is 5.93. The molecule has 1 heterocycles. The van der Waals surface area contributed by atoms with Crippen LogP contribution >= 0.6 is 0 Å². The van der Waals surface area contributed by atoms with Crippen molar-refractivity contribution in [1.29, 1.82) is 0 Å². The van der Waals surface area contributed by atoms with Crippen LogP contribution in [-0.4, -0.2) is 70.0 Å². The van der Waals surface area contributed by atoms with Crippen molar-refractivity contribution in [1.82, 2.24) is 15.5 Å². The molecule has 3 amide bonds. The van der Waals surface area contributed by atoms with Gasteiger partial charge in [-0.25, -0.2) is 4.79 Å². The van der Waals surface area contributed by atoms with E-state index in [2.05, 4.69) is 10.6 Å². The Hall–Kier alpha value is -3.92. The smallest absolute Gasteiger partial charge is 0.326 e. The van der Waals surface area contributed by atoms with Crippen LogP contribution in [0.15, 0.2) is 54.6 Å². The second kappa shape index (κ2) is 12.0. The fraction of sp³-hybridized carbons (Fsp3) is 0.360. The molecule has 3 atom stereocenters. The first-order valence-corrected chi connectivity index (χ1v) is 11.4. The summed E-state index contributed by atoms with van der Waals surface area (Å²) >= 11 is 0. The molecule has 1 aliphatic rings. The van der Waals surface area contributed by atoms with Crippen molar-refractivity contribution in [2.75, 3.05) is 13.1 Å². The Kier molecular flexibility index (Phi) is 8.80. The van der Waals surface area contributed by atoms with Gasteiger partial charge in [0.1, 0.15) is 23.9 Å². The molecule has 0 aromatic heterocycles. The number of hydrogen-bond donors (Lipinski definition) is 5. The lowest BCUT2D eigenvalue weighted by atomic mass is 10.0. The molecular formula is C25H30N4O6. The number of nitrogens with one attached hydrogen (secondary N) is 2. The zero-order valence-corrected chi connectivity index (χ0v) is 19.2. The van der Waals surface area contributed by atoms with Crippen molar-refractivity contribution in [2.45, 2.75) is 43.8 Å². The molecule has 0 spiro atoms. The predicted octanol–water partition coefficient (Wildman–Crippen LogP) is 0.181. The highest BCUT2D eigenvalue weighted by atomic mass is 16.4. The highest BCUT2D eigenvalue weighted by Crippen LogP contribution is 2.20. The number of aliphatic carboxylic acids is 1. The van der Waals surface area contributed by atoms with E-state index >= 15 is 0 Å². The first kappa shape index (κ1) is 25.7. The SMILES string of the molecule is NCC(=O)NC(Cc1ccccc1)C(=O)N1CCCC1C(=O)NC(Cc1ccc(O)cc1)C(=O)O. The average Bonchev–Trinajstić information content (AvgIpc) is 3.34. The summed E-state index contributed by atoms with van der Waals surface area (Å²) in [6, 6.07) is 12.2. The lowest BCUT2D eigenvalue weighted by Gasteiger charge is -2.29. The molecule has 1 aliphatic heterocycles. The second-order valence-electron chi connectivity index (χ2n) is 8.47. The van der Waals surface area contributed by atoms with Gasteiger partial charge in [-0.15, -0.1) is 0 Å². The number of hydrogen-bond acceptors (Lipinski definition) is 6. The van der Waals surface area contributed by atoms with Crippen LogP contribution in [0.2, 0.25) is 0 Å². The Bertz CT molecular complexity index is 1040. The minimum atomic E-state index is -1.21. The van der Waals surface area contributed by atoms with Crippen LogP contribution < -0.4 is 16.4 Å². The zero-order valence-electron chi connectivity index (χ0n) is 19.2. The topological polar surface area (TPSA) is 162 Å². The van der Waals surface area contributed by atoms with Crippen LogP contribution in [0.4, 0.5) is 0 Å². The van der Waals surface area contributed by atoms with Crippen molar-refractivity contribution < 1.29 is 29.4 Å². The number of carboxylic acids is 1. The molecule has 10 nitrogen and oxygen atoms in total. The van der Waals surface area contributed by atoms with E-state index in [1.54, 1.807) is 12.1 Å². The number of carboxylic acid groups (broad SMARTS) is 1. The minimum absolute atomic E-state index is 0.0191. The lowest BCUT2D eigenvalue weighted by molar-refractivity contribution is -0.144. The maximum absolute atomic E-state index is 13.4. The van der Waals surface area contributed by atoms with E-state index in [0.29, 0.717) is 24.9 Å². The molecule has 0 saturated carbocycles. The van der Waals surface area contributed by atoms with Gasteiger partial charge in [0.05, 0.1) is 6.54 Å². The fourth-order valence-electron chi connectivity index (χ4n) is 4.14. The second-order valence-corrected chi connectivity index (χ2v) is 8.47. The first-order chi connectivity index (χ1) is 16.8. The predicted molar refractivity (Wildman–Crippen MR) is 127 cm³/mol. The van der Waals surface area contributed by atoms with Crippen LogP contribution in [0.5, 0.6) is 5.75 Å². The number of nitrogens with two attached hydrogens (primary N) is 1. The summed E-state index contributed by atoms with van der Waals surface area (Å²) < 4.78 is 0. The number of carbonyl (C=O) groups is 4. The molecule has 0 bridgehead atoms. The molecular weight excluding hydrogens is 452 g/mol. The third kappa shape index (κ3) is 7.03. The third-order valence-corrected chi connectivity index (χ3v) is 5.93.